The number of benzene rings is 1. The molecular weight excluding hydrogens is 278 g/mol. The minimum atomic E-state index is -0.194. The Morgan fingerprint density at radius 3 is 2.73 bits per heavy atom. The highest BCUT2D eigenvalue weighted by Crippen LogP contribution is 2.35. The van der Waals surface area contributed by atoms with Crippen molar-refractivity contribution in [2.75, 3.05) is 36.5 Å². The minimum Gasteiger partial charge on any atom is -0.378 e. The van der Waals surface area contributed by atoms with Crippen molar-refractivity contribution < 1.29 is 9.53 Å². The van der Waals surface area contributed by atoms with E-state index in [4.69, 9.17) is 4.74 Å². The van der Waals surface area contributed by atoms with E-state index in [1.165, 1.54) is 18.4 Å². The number of ether oxygens (including phenoxy) is 1. The van der Waals surface area contributed by atoms with Gasteiger partial charge in [0.15, 0.2) is 0 Å². The van der Waals surface area contributed by atoms with Crippen molar-refractivity contribution in [1.29, 1.82) is 0 Å². The van der Waals surface area contributed by atoms with Gasteiger partial charge in [-0.25, -0.2) is 4.79 Å². The number of para-hydroxylation sites is 2. The van der Waals surface area contributed by atoms with E-state index in [1.54, 1.807) is 0 Å². The number of anilines is 2. The molecule has 2 N–H and O–H groups in total. The average Bonchev–Trinajstić information content (AvgIpc) is 3.39. The Balaban J connectivity index is 1.63. The minimum absolute atomic E-state index is 0.194. The SMILES string of the molecule is C/C(=C\NC(=O)Nc1ccccc1N1CCOCC1)C1CC1. The Labute approximate surface area is 131 Å². The van der Waals surface area contributed by atoms with Crippen molar-refractivity contribution in [3.05, 3.63) is 36.0 Å². The number of hydrogen-bond acceptors (Lipinski definition) is 3. The maximum absolute atomic E-state index is 12.1. The molecule has 118 valence electrons. The van der Waals surface area contributed by atoms with Gasteiger partial charge in [0, 0.05) is 19.3 Å². The Hall–Kier alpha value is -2.01. The third-order valence-corrected chi connectivity index (χ3v) is 4.16. The molecule has 0 spiro atoms. The molecule has 0 radical (unpaired) electrons. The predicted octanol–water partition coefficient (Wildman–Crippen LogP) is 2.96. The van der Waals surface area contributed by atoms with Crippen LogP contribution < -0.4 is 15.5 Å². The lowest BCUT2D eigenvalue weighted by Crippen LogP contribution is -2.37. The summed E-state index contributed by atoms with van der Waals surface area (Å²) in [6.45, 7) is 5.22. The van der Waals surface area contributed by atoms with Crippen LogP contribution in [0.1, 0.15) is 19.8 Å². The molecule has 1 aromatic carbocycles. The van der Waals surface area contributed by atoms with Crippen LogP contribution >= 0.6 is 0 Å². The normalized spacial score (nSPS) is 19.0. The fraction of sp³-hybridized carbons (Fsp3) is 0.471. The summed E-state index contributed by atoms with van der Waals surface area (Å²) in [6.07, 6.45) is 4.31. The van der Waals surface area contributed by atoms with Crippen molar-refractivity contribution >= 4 is 17.4 Å². The fourth-order valence-corrected chi connectivity index (χ4v) is 2.65. The summed E-state index contributed by atoms with van der Waals surface area (Å²) in [7, 11) is 0. The number of urea groups is 1. The zero-order chi connectivity index (χ0) is 15.4. The van der Waals surface area contributed by atoms with Crippen LogP contribution in [-0.4, -0.2) is 32.3 Å². The summed E-state index contributed by atoms with van der Waals surface area (Å²) < 4.78 is 5.39. The molecular formula is C17H23N3O2. The first-order valence-electron chi connectivity index (χ1n) is 7.90. The molecule has 1 aliphatic carbocycles. The molecule has 1 saturated heterocycles. The number of carbonyl (C=O) groups is 1. The summed E-state index contributed by atoms with van der Waals surface area (Å²) >= 11 is 0. The van der Waals surface area contributed by atoms with Gasteiger partial charge in [0.25, 0.3) is 0 Å². The number of rotatable bonds is 4. The van der Waals surface area contributed by atoms with Gasteiger partial charge in [0.2, 0.25) is 0 Å². The molecule has 0 atom stereocenters. The van der Waals surface area contributed by atoms with Crippen LogP contribution in [-0.2, 0) is 4.74 Å². The largest absolute Gasteiger partial charge is 0.378 e. The standard InChI is InChI=1S/C17H23N3O2/c1-13(14-6-7-14)12-18-17(21)19-15-4-2-3-5-16(15)20-8-10-22-11-9-20/h2-5,12,14H,6-11H2,1H3,(H2,18,19,21)/b13-12+. The second-order valence-electron chi connectivity index (χ2n) is 5.88. The summed E-state index contributed by atoms with van der Waals surface area (Å²) in [5.41, 5.74) is 3.12. The summed E-state index contributed by atoms with van der Waals surface area (Å²) in [6, 6.07) is 7.70. The monoisotopic (exact) mass is 301 g/mol. The molecule has 1 heterocycles. The lowest BCUT2D eigenvalue weighted by Gasteiger charge is -2.30. The van der Waals surface area contributed by atoms with Crippen molar-refractivity contribution in [3.63, 3.8) is 0 Å². The molecule has 1 aliphatic heterocycles. The molecule has 0 bridgehead atoms. The Bertz CT molecular complexity index is 561. The van der Waals surface area contributed by atoms with E-state index >= 15 is 0 Å². The van der Waals surface area contributed by atoms with E-state index < -0.39 is 0 Å². The van der Waals surface area contributed by atoms with Gasteiger partial charge in [-0.1, -0.05) is 17.7 Å². The second-order valence-corrected chi connectivity index (χ2v) is 5.88. The molecule has 2 fully saturated rings. The number of morpholine rings is 1. The number of nitrogens with zero attached hydrogens (tertiary/aromatic N) is 1. The maximum Gasteiger partial charge on any atom is 0.323 e. The van der Waals surface area contributed by atoms with Crippen LogP contribution in [0.4, 0.5) is 16.2 Å². The Morgan fingerprint density at radius 2 is 2.00 bits per heavy atom. The summed E-state index contributed by atoms with van der Waals surface area (Å²) in [5.74, 6) is 0.668. The van der Waals surface area contributed by atoms with E-state index in [-0.39, 0.29) is 6.03 Å². The number of hydrogen-bond donors (Lipinski definition) is 2. The third kappa shape index (κ3) is 3.80. The molecule has 2 aliphatic rings. The Morgan fingerprint density at radius 1 is 1.27 bits per heavy atom. The van der Waals surface area contributed by atoms with Crippen molar-refractivity contribution in [3.8, 4) is 0 Å². The van der Waals surface area contributed by atoms with Gasteiger partial charge < -0.3 is 20.3 Å². The quantitative estimate of drug-likeness (QED) is 0.899. The lowest BCUT2D eigenvalue weighted by molar-refractivity contribution is 0.123. The van der Waals surface area contributed by atoms with Crippen LogP contribution in [0, 0.1) is 5.92 Å². The third-order valence-electron chi connectivity index (χ3n) is 4.16. The van der Waals surface area contributed by atoms with Crippen molar-refractivity contribution in [2.45, 2.75) is 19.8 Å². The lowest BCUT2D eigenvalue weighted by atomic mass is 10.2. The van der Waals surface area contributed by atoms with Crippen LogP contribution in [0.25, 0.3) is 0 Å². The van der Waals surface area contributed by atoms with E-state index in [0.717, 1.165) is 37.7 Å². The topological polar surface area (TPSA) is 53.6 Å². The number of nitrogens with one attached hydrogen (secondary N) is 2. The van der Waals surface area contributed by atoms with Crippen LogP contribution in [0.2, 0.25) is 0 Å². The first-order valence-corrected chi connectivity index (χ1v) is 7.90. The molecule has 1 saturated carbocycles. The zero-order valence-electron chi connectivity index (χ0n) is 13.0. The molecule has 0 aromatic heterocycles. The highest BCUT2D eigenvalue weighted by molar-refractivity contribution is 5.93. The predicted molar refractivity (Wildman–Crippen MR) is 88.1 cm³/mol. The van der Waals surface area contributed by atoms with Crippen LogP contribution in [0.5, 0.6) is 0 Å². The molecule has 0 unspecified atom stereocenters. The summed E-state index contributed by atoms with van der Waals surface area (Å²) in [4.78, 5) is 14.3. The summed E-state index contributed by atoms with van der Waals surface area (Å²) in [5, 5.41) is 5.77. The Kier molecular flexibility index (Phi) is 4.63. The molecule has 5 heteroatoms. The van der Waals surface area contributed by atoms with Crippen LogP contribution in [0.3, 0.4) is 0 Å². The highest BCUT2D eigenvalue weighted by Gasteiger charge is 2.23. The first-order chi connectivity index (χ1) is 10.7. The van der Waals surface area contributed by atoms with Crippen LogP contribution in [0.15, 0.2) is 36.0 Å². The van der Waals surface area contributed by atoms with Gasteiger partial charge >= 0.3 is 6.03 Å². The molecule has 3 rings (SSSR count). The number of amides is 2. The van der Waals surface area contributed by atoms with Gasteiger partial charge in [0.05, 0.1) is 24.6 Å². The molecule has 5 nitrogen and oxygen atoms in total. The van der Waals surface area contributed by atoms with E-state index in [9.17, 15) is 4.79 Å². The van der Waals surface area contributed by atoms with Gasteiger partial charge in [-0.05, 0) is 37.8 Å². The van der Waals surface area contributed by atoms with Gasteiger partial charge in [0.1, 0.15) is 0 Å². The van der Waals surface area contributed by atoms with Gasteiger partial charge in [-0.3, -0.25) is 0 Å². The van der Waals surface area contributed by atoms with Crippen molar-refractivity contribution in [2.24, 2.45) is 5.92 Å². The number of carbonyl (C=O) groups excluding carboxylic acids is 1. The average molecular weight is 301 g/mol. The molecule has 1 aromatic rings. The van der Waals surface area contributed by atoms with Gasteiger partial charge in [-0.2, -0.15) is 0 Å². The van der Waals surface area contributed by atoms with E-state index in [2.05, 4.69) is 22.5 Å². The molecule has 2 amide bonds. The fourth-order valence-electron chi connectivity index (χ4n) is 2.65. The molecule has 22 heavy (non-hydrogen) atoms. The number of allylic oxidation sites excluding steroid dienone is 1. The first kappa shape index (κ1) is 14.9. The van der Waals surface area contributed by atoms with Crippen molar-refractivity contribution in [1.82, 2.24) is 5.32 Å². The second kappa shape index (κ2) is 6.83. The highest BCUT2D eigenvalue weighted by atomic mass is 16.5. The zero-order valence-corrected chi connectivity index (χ0v) is 13.0. The maximum atomic E-state index is 12.1. The van der Waals surface area contributed by atoms with Gasteiger partial charge in [-0.15, -0.1) is 0 Å². The smallest absolute Gasteiger partial charge is 0.323 e. The van der Waals surface area contributed by atoms with E-state index in [0.29, 0.717) is 5.92 Å². The van der Waals surface area contributed by atoms with E-state index in [1.807, 2.05) is 30.5 Å².